The van der Waals surface area contributed by atoms with Crippen molar-refractivity contribution in [2.75, 3.05) is 7.11 Å². The van der Waals surface area contributed by atoms with E-state index in [1.807, 2.05) is 0 Å². The molecule has 0 amide bonds. The van der Waals surface area contributed by atoms with E-state index in [0.29, 0.717) is 12.4 Å². The Hall–Kier alpha value is -1.29. The largest absolute Gasteiger partial charge is 0.475 e. The second-order valence-electron chi connectivity index (χ2n) is 2.00. The van der Waals surface area contributed by atoms with Crippen molar-refractivity contribution in [2.24, 2.45) is 0 Å². The third kappa shape index (κ3) is 1.81. The minimum atomic E-state index is -1.06. The molecule has 0 aliphatic rings. The quantitative estimate of drug-likeness (QED) is 0.712. The van der Waals surface area contributed by atoms with Crippen LogP contribution >= 0.6 is 0 Å². The van der Waals surface area contributed by atoms with Crippen molar-refractivity contribution in [1.29, 1.82) is 0 Å². The Balaban J connectivity index is 2.73. The number of methoxy groups -OCH3 is 1. The summed E-state index contributed by atoms with van der Waals surface area (Å²) < 4.78 is 9.60. The zero-order valence-electron chi connectivity index (χ0n) is 6.03. The number of carboxylic acid groups (broad SMARTS) is 1. The van der Waals surface area contributed by atoms with Crippen LogP contribution in [0.25, 0.3) is 0 Å². The predicted molar refractivity (Wildman–Crippen MR) is 36.4 cm³/mol. The van der Waals surface area contributed by atoms with Crippen molar-refractivity contribution < 1.29 is 19.1 Å². The maximum Gasteiger partial charge on any atom is 0.371 e. The van der Waals surface area contributed by atoms with Crippen LogP contribution < -0.4 is 0 Å². The lowest BCUT2D eigenvalue weighted by Gasteiger charge is -1.90. The van der Waals surface area contributed by atoms with Gasteiger partial charge in [-0.3, -0.25) is 0 Å². The smallest absolute Gasteiger partial charge is 0.371 e. The van der Waals surface area contributed by atoms with Gasteiger partial charge in [0.1, 0.15) is 12.4 Å². The second-order valence-corrected chi connectivity index (χ2v) is 2.00. The van der Waals surface area contributed by atoms with Gasteiger partial charge in [-0.15, -0.1) is 0 Å². The van der Waals surface area contributed by atoms with E-state index >= 15 is 0 Å². The lowest BCUT2D eigenvalue weighted by Crippen LogP contribution is -1.92. The number of carboxylic acids is 1. The molecular weight excluding hydrogens is 148 g/mol. The third-order valence-electron chi connectivity index (χ3n) is 1.16. The Bertz CT molecular complexity index is 251. The first-order valence-corrected chi connectivity index (χ1v) is 3.05. The van der Waals surface area contributed by atoms with Crippen LogP contribution in [0.1, 0.15) is 16.3 Å². The molecule has 0 aromatic carbocycles. The van der Waals surface area contributed by atoms with Gasteiger partial charge >= 0.3 is 5.97 Å². The maximum absolute atomic E-state index is 10.3. The summed E-state index contributed by atoms with van der Waals surface area (Å²) in [6, 6.07) is 2.98. The van der Waals surface area contributed by atoms with E-state index in [9.17, 15) is 4.79 Å². The molecule has 0 atom stereocenters. The van der Waals surface area contributed by atoms with Gasteiger partial charge in [0.25, 0.3) is 0 Å². The molecule has 0 saturated heterocycles. The van der Waals surface area contributed by atoms with E-state index < -0.39 is 5.97 Å². The highest BCUT2D eigenvalue weighted by atomic mass is 16.5. The standard InChI is InChI=1S/C7H8O4/c1-10-4-5-2-3-6(11-5)7(8)9/h2-3H,4H2,1H3,(H,8,9). The molecular formula is C7H8O4. The molecule has 11 heavy (non-hydrogen) atoms. The summed E-state index contributed by atoms with van der Waals surface area (Å²) in [7, 11) is 1.52. The number of hydrogen-bond donors (Lipinski definition) is 1. The molecule has 0 spiro atoms. The summed E-state index contributed by atoms with van der Waals surface area (Å²) in [5.41, 5.74) is 0. The molecule has 4 nitrogen and oxygen atoms in total. The fraction of sp³-hybridized carbons (Fsp3) is 0.286. The van der Waals surface area contributed by atoms with Crippen molar-refractivity contribution in [3.8, 4) is 0 Å². The Morgan fingerprint density at radius 1 is 1.73 bits per heavy atom. The molecule has 0 fully saturated rings. The second kappa shape index (κ2) is 3.21. The molecule has 0 saturated carbocycles. The van der Waals surface area contributed by atoms with Crippen molar-refractivity contribution in [1.82, 2.24) is 0 Å². The van der Waals surface area contributed by atoms with Gasteiger partial charge in [-0.05, 0) is 12.1 Å². The normalized spacial score (nSPS) is 9.91. The summed E-state index contributed by atoms with van der Waals surface area (Å²) >= 11 is 0. The predicted octanol–water partition coefficient (Wildman–Crippen LogP) is 1.12. The fourth-order valence-corrected chi connectivity index (χ4v) is 0.713. The first-order valence-electron chi connectivity index (χ1n) is 3.05. The van der Waals surface area contributed by atoms with Crippen LogP contribution in [0.5, 0.6) is 0 Å². The maximum atomic E-state index is 10.3. The minimum absolute atomic E-state index is 0.0583. The van der Waals surface area contributed by atoms with Crippen molar-refractivity contribution in [3.63, 3.8) is 0 Å². The Kier molecular flexibility index (Phi) is 2.28. The Morgan fingerprint density at radius 3 is 2.91 bits per heavy atom. The summed E-state index contributed by atoms with van der Waals surface area (Å²) in [4.78, 5) is 10.3. The summed E-state index contributed by atoms with van der Waals surface area (Å²) in [6.07, 6.45) is 0. The molecule has 1 rings (SSSR count). The molecule has 0 unspecified atom stereocenters. The van der Waals surface area contributed by atoms with E-state index in [1.165, 1.54) is 13.2 Å². The van der Waals surface area contributed by atoms with Crippen LogP contribution in [0.3, 0.4) is 0 Å². The van der Waals surface area contributed by atoms with Gasteiger partial charge in [-0.1, -0.05) is 0 Å². The molecule has 1 aromatic heterocycles. The highest BCUT2D eigenvalue weighted by Gasteiger charge is 2.07. The number of hydrogen-bond acceptors (Lipinski definition) is 3. The molecule has 1 N–H and O–H groups in total. The summed E-state index contributed by atoms with van der Waals surface area (Å²) in [5.74, 6) is -0.602. The fourth-order valence-electron chi connectivity index (χ4n) is 0.713. The average Bonchev–Trinajstić information content (AvgIpc) is 2.37. The number of ether oxygens (including phenoxy) is 1. The first kappa shape index (κ1) is 7.81. The number of rotatable bonds is 3. The summed E-state index contributed by atoms with van der Waals surface area (Å²) in [6.45, 7) is 0.299. The number of furan rings is 1. The van der Waals surface area contributed by atoms with Gasteiger partial charge < -0.3 is 14.3 Å². The highest BCUT2D eigenvalue weighted by Crippen LogP contribution is 2.07. The van der Waals surface area contributed by atoms with Crippen LogP contribution in [-0.2, 0) is 11.3 Å². The average molecular weight is 156 g/mol. The topological polar surface area (TPSA) is 59.7 Å². The third-order valence-corrected chi connectivity index (χ3v) is 1.16. The van der Waals surface area contributed by atoms with Crippen molar-refractivity contribution in [3.05, 3.63) is 23.7 Å². The number of carbonyl (C=O) groups is 1. The molecule has 0 bridgehead atoms. The monoisotopic (exact) mass is 156 g/mol. The Morgan fingerprint density at radius 2 is 2.45 bits per heavy atom. The Labute approximate surface area is 63.4 Å². The molecule has 0 radical (unpaired) electrons. The van der Waals surface area contributed by atoms with Crippen LogP contribution in [0.4, 0.5) is 0 Å². The van der Waals surface area contributed by atoms with Crippen LogP contribution in [0.2, 0.25) is 0 Å². The van der Waals surface area contributed by atoms with Gasteiger partial charge in [0.15, 0.2) is 0 Å². The first-order chi connectivity index (χ1) is 5.24. The highest BCUT2D eigenvalue weighted by molar-refractivity contribution is 5.84. The SMILES string of the molecule is COCc1ccc(C(=O)O)o1. The van der Waals surface area contributed by atoms with E-state index in [4.69, 9.17) is 14.3 Å². The molecule has 4 heteroatoms. The zero-order valence-corrected chi connectivity index (χ0v) is 6.03. The van der Waals surface area contributed by atoms with E-state index in [2.05, 4.69) is 0 Å². The van der Waals surface area contributed by atoms with E-state index in [1.54, 1.807) is 6.07 Å². The lowest BCUT2D eigenvalue weighted by atomic mass is 10.4. The molecule has 60 valence electrons. The van der Waals surface area contributed by atoms with Crippen molar-refractivity contribution >= 4 is 5.97 Å². The molecule has 0 aliphatic carbocycles. The van der Waals surface area contributed by atoms with Crippen LogP contribution in [0, 0.1) is 0 Å². The lowest BCUT2D eigenvalue weighted by molar-refractivity contribution is 0.0654. The van der Waals surface area contributed by atoms with E-state index in [-0.39, 0.29) is 5.76 Å². The van der Waals surface area contributed by atoms with Crippen molar-refractivity contribution in [2.45, 2.75) is 6.61 Å². The zero-order chi connectivity index (χ0) is 8.27. The van der Waals surface area contributed by atoms with Crippen LogP contribution in [-0.4, -0.2) is 18.2 Å². The van der Waals surface area contributed by atoms with Crippen LogP contribution in [0.15, 0.2) is 16.5 Å². The molecule has 1 heterocycles. The molecule has 1 aromatic rings. The summed E-state index contributed by atoms with van der Waals surface area (Å²) in [5, 5.41) is 8.43. The minimum Gasteiger partial charge on any atom is -0.475 e. The van der Waals surface area contributed by atoms with Gasteiger partial charge in [-0.25, -0.2) is 4.79 Å². The van der Waals surface area contributed by atoms with E-state index in [0.717, 1.165) is 0 Å². The van der Waals surface area contributed by atoms with Gasteiger partial charge in [0.05, 0.1) is 0 Å². The molecule has 0 aliphatic heterocycles. The number of aromatic carboxylic acids is 1. The van der Waals surface area contributed by atoms with Gasteiger partial charge in [0.2, 0.25) is 5.76 Å². The van der Waals surface area contributed by atoms with Gasteiger partial charge in [0, 0.05) is 7.11 Å². The van der Waals surface area contributed by atoms with Gasteiger partial charge in [-0.2, -0.15) is 0 Å².